The molecule has 1 aliphatic rings. The fourth-order valence-electron chi connectivity index (χ4n) is 8.32. The minimum Gasteiger partial charge on any atom is -0.394 e. The van der Waals surface area contributed by atoms with E-state index in [0.29, 0.717) is 12.8 Å². The highest BCUT2D eigenvalue weighted by Gasteiger charge is 2.44. The predicted octanol–water partition coefficient (Wildman–Crippen LogP) is 9.23. The number of hydrogen-bond acceptors (Lipinski definition) is 10. The lowest BCUT2D eigenvalue weighted by molar-refractivity contribution is -0.303. The number of allylic oxidation sites excluding steroid dienone is 2. The molecule has 1 heterocycles. The van der Waals surface area contributed by atoms with E-state index in [9.17, 15) is 40.5 Å². The summed E-state index contributed by atoms with van der Waals surface area (Å²) in [7, 11) is 0. The normalized spacial score (nSPS) is 21.5. The second-order valence-corrected chi connectivity index (χ2v) is 18.2. The van der Waals surface area contributed by atoms with Crippen molar-refractivity contribution < 1.29 is 50.0 Å². The lowest BCUT2D eigenvalue weighted by Gasteiger charge is -2.40. The second kappa shape index (κ2) is 40.4. The van der Waals surface area contributed by atoms with Gasteiger partial charge < -0.3 is 50.5 Å². The SMILES string of the molecule is CCCCCCCCCC=CCCCC(O)C(O)C(COC1OC(CO)C(O)C(O)C1O)NC(=O)C(O)CCCCCCCCCCCCCCCCCCCCCCCC. The summed E-state index contributed by atoms with van der Waals surface area (Å²) in [6.07, 6.45) is 32.7. The number of aliphatic hydroxyl groups is 7. The van der Waals surface area contributed by atoms with Crippen molar-refractivity contribution in [1.29, 1.82) is 0 Å². The average molecular weight is 872 g/mol. The molecule has 0 radical (unpaired) electrons. The number of unbranched alkanes of at least 4 members (excludes halogenated alkanes) is 29. The zero-order valence-electron chi connectivity index (χ0n) is 39.2. The zero-order chi connectivity index (χ0) is 44.8. The van der Waals surface area contributed by atoms with Gasteiger partial charge in [-0.1, -0.05) is 206 Å². The highest BCUT2D eigenvalue weighted by molar-refractivity contribution is 5.80. The van der Waals surface area contributed by atoms with Gasteiger partial charge in [-0.05, 0) is 38.5 Å². The summed E-state index contributed by atoms with van der Waals surface area (Å²) in [5.41, 5.74) is 0. The third kappa shape index (κ3) is 29.8. The van der Waals surface area contributed by atoms with E-state index in [0.717, 1.165) is 38.5 Å². The van der Waals surface area contributed by atoms with Gasteiger partial charge in [-0.15, -0.1) is 0 Å². The molecule has 61 heavy (non-hydrogen) atoms. The van der Waals surface area contributed by atoms with Gasteiger partial charge in [0.25, 0.3) is 0 Å². The Morgan fingerprint density at radius 1 is 0.557 bits per heavy atom. The molecule has 362 valence electrons. The van der Waals surface area contributed by atoms with Crippen LogP contribution in [0.15, 0.2) is 12.2 Å². The molecule has 1 aliphatic heterocycles. The predicted molar refractivity (Wildman–Crippen MR) is 247 cm³/mol. The highest BCUT2D eigenvalue weighted by Crippen LogP contribution is 2.23. The molecular formula is C50H97NO10. The molecule has 1 fully saturated rings. The summed E-state index contributed by atoms with van der Waals surface area (Å²) >= 11 is 0. The van der Waals surface area contributed by atoms with Gasteiger partial charge in [0.15, 0.2) is 6.29 Å². The summed E-state index contributed by atoms with van der Waals surface area (Å²) in [6.45, 7) is 3.43. The minimum absolute atomic E-state index is 0.259. The molecule has 11 heteroatoms. The number of aliphatic hydroxyl groups excluding tert-OH is 7. The largest absolute Gasteiger partial charge is 0.394 e. The van der Waals surface area contributed by atoms with E-state index in [1.165, 1.54) is 154 Å². The van der Waals surface area contributed by atoms with Crippen molar-refractivity contribution in [2.45, 2.75) is 287 Å². The highest BCUT2D eigenvalue weighted by atomic mass is 16.7. The van der Waals surface area contributed by atoms with Gasteiger partial charge in [0.1, 0.15) is 36.6 Å². The first kappa shape index (κ1) is 57.9. The molecule has 0 aliphatic carbocycles. The third-order valence-electron chi connectivity index (χ3n) is 12.6. The number of nitrogens with one attached hydrogen (secondary N) is 1. The second-order valence-electron chi connectivity index (χ2n) is 18.2. The van der Waals surface area contributed by atoms with Crippen LogP contribution in [0.25, 0.3) is 0 Å². The van der Waals surface area contributed by atoms with Crippen molar-refractivity contribution in [2.75, 3.05) is 13.2 Å². The van der Waals surface area contributed by atoms with E-state index in [4.69, 9.17) is 9.47 Å². The Balaban J connectivity index is 2.35. The Morgan fingerprint density at radius 2 is 0.967 bits per heavy atom. The Labute approximate surface area is 372 Å². The molecule has 0 aromatic carbocycles. The van der Waals surface area contributed by atoms with Gasteiger partial charge in [0.2, 0.25) is 5.91 Å². The molecule has 0 bridgehead atoms. The molecule has 0 aromatic rings. The molecule has 0 saturated carbocycles. The van der Waals surface area contributed by atoms with Crippen LogP contribution in [0.1, 0.15) is 232 Å². The summed E-state index contributed by atoms with van der Waals surface area (Å²) < 4.78 is 11.1. The minimum atomic E-state index is -1.66. The van der Waals surface area contributed by atoms with E-state index in [2.05, 4.69) is 31.3 Å². The lowest BCUT2D eigenvalue weighted by atomic mass is 9.98. The van der Waals surface area contributed by atoms with Crippen LogP contribution in [-0.4, -0.2) is 110 Å². The first-order valence-corrected chi connectivity index (χ1v) is 25.6. The molecule has 0 aromatic heterocycles. The van der Waals surface area contributed by atoms with Gasteiger partial charge >= 0.3 is 0 Å². The van der Waals surface area contributed by atoms with Crippen LogP contribution >= 0.6 is 0 Å². The summed E-state index contributed by atoms with van der Waals surface area (Å²) in [4.78, 5) is 13.1. The molecular weight excluding hydrogens is 775 g/mol. The van der Waals surface area contributed by atoms with Crippen molar-refractivity contribution in [1.82, 2.24) is 5.32 Å². The maximum absolute atomic E-state index is 13.1. The van der Waals surface area contributed by atoms with Crippen LogP contribution in [0.4, 0.5) is 0 Å². The summed E-state index contributed by atoms with van der Waals surface area (Å²) in [5, 5.41) is 75.7. The van der Waals surface area contributed by atoms with Gasteiger partial charge in [0.05, 0.1) is 25.4 Å². The fourth-order valence-corrected chi connectivity index (χ4v) is 8.32. The standard InChI is InChI=1S/C50H97NO10/c1-3-5-7-9-11-13-15-17-18-19-20-21-22-23-24-25-26-28-30-32-34-36-38-43(54)49(59)51-41(40-60-50-48(58)47(57)46(56)44(39-52)61-50)45(55)42(53)37-35-33-31-29-27-16-14-12-10-8-6-4-2/h29,31,41-48,50,52-58H,3-28,30,32-40H2,1-2H3,(H,51,59). The van der Waals surface area contributed by atoms with Gasteiger partial charge in [-0.25, -0.2) is 0 Å². The van der Waals surface area contributed by atoms with E-state index >= 15 is 0 Å². The van der Waals surface area contributed by atoms with Crippen LogP contribution in [-0.2, 0) is 14.3 Å². The van der Waals surface area contributed by atoms with E-state index in [1.807, 2.05) is 0 Å². The van der Waals surface area contributed by atoms with E-state index in [-0.39, 0.29) is 12.8 Å². The Hall–Kier alpha value is -1.15. The monoisotopic (exact) mass is 872 g/mol. The topological polar surface area (TPSA) is 189 Å². The number of ether oxygens (including phenoxy) is 2. The fraction of sp³-hybridized carbons (Fsp3) is 0.940. The first-order valence-electron chi connectivity index (χ1n) is 25.6. The van der Waals surface area contributed by atoms with Gasteiger partial charge in [-0.3, -0.25) is 4.79 Å². The maximum Gasteiger partial charge on any atom is 0.249 e. The maximum atomic E-state index is 13.1. The van der Waals surface area contributed by atoms with Crippen LogP contribution in [0.5, 0.6) is 0 Å². The third-order valence-corrected chi connectivity index (χ3v) is 12.6. The van der Waals surface area contributed by atoms with Gasteiger partial charge in [-0.2, -0.15) is 0 Å². The first-order chi connectivity index (χ1) is 29.7. The van der Waals surface area contributed by atoms with Crippen molar-refractivity contribution in [3.63, 3.8) is 0 Å². The number of rotatable bonds is 43. The molecule has 1 amide bonds. The number of hydrogen-bond donors (Lipinski definition) is 8. The molecule has 1 rings (SSSR count). The quantitative estimate of drug-likeness (QED) is 0.0217. The Kier molecular flexibility index (Phi) is 38.3. The van der Waals surface area contributed by atoms with Crippen LogP contribution < -0.4 is 5.32 Å². The van der Waals surface area contributed by atoms with Crippen LogP contribution in [0, 0.1) is 0 Å². The lowest BCUT2D eigenvalue weighted by Crippen LogP contribution is -2.60. The number of amides is 1. The molecule has 1 saturated heterocycles. The van der Waals surface area contributed by atoms with Crippen molar-refractivity contribution in [3.8, 4) is 0 Å². The summed E-state index contributed by atoms with van der Waals surface area (Å²) in [5.74, 6) is -0.703. The Morgan fingerprint density at radius 3 is 1.41 bits per heavy atom. The van der Waals surface area contributed by atoms with E-state index in [1.54, 1.807) is 0 Å². The molecule has 9 atom stereocenters. The number of carbonyl (C=O) groups is 1. The van der Waals surface area contributed by atoms with Crippen molar-refractivity contribution in [3.05, 3.63) is 12.2 Å². The molecule has 0 spiro atoms. The average Bonchev–Trinajstić information content (AvgIpc) is 3.26. The molecule has 11 nitrogen and oxygen atoms in total. The van der Waals surface area contributed by atoms with Crippen molar-refractivity contribution >= 4 is 5.91 Å². The van der Waals surface area contributed by atoms with Crippen molar-refractivity contribution in [2.24, 2.45) is 0 Å². The van der Waals surface area contributed by atoms with E-state index < -0.39 is 74.2 Å². The zero-order valence-corrected chi connectivity index (χ0v) is 39.2. The molecule has 8 N–H and O–H groups in total. The van der Waals surface area contributed by atoms with Gasteiger partial charge in [0, 0.05) is 0 Å². The van der Waals surface area contributed by atoms with Crippen LogP contribution in [0.3, 0.4) is 0 Å². The Bertz CT molecular complexity index is 1000. The van der Waals surface area contributed by atoms with Crippen LogP contribution in [0.2, 0.25) is 0 Å². The molecule has 9 unspecified atom stereocenters. The summed E-state index contributed by atoms with van der Waals surface area (Å²) in [6, 6.07) is -1.18. The number of carbonyl (C=O) groups excluding carboxylic acids is 1. The smallest absolute Gasteiger partial charge is 0.249 e.